The fraction of sp³-hybridized carbons (Fsp3) is 0.250. The third-order valence-corrected chi connectivity index (χ3v) is 1.62. The monoisotopic (exact) mass is 182 g/mol. The molecule has 1 rings (SSSR count). The van der Waals surface area contributed by atoms with Crippen LogP contribution in [0.2, 0.25) is 0 Å². The van der Waals surface area contributed by atoms with E-state index >= 15 is 0 Å². The van der Waals surface area contributed by atoms with Gasteiger partial charge in [-0.05, 0) is 12.1 Å². The summed E-state index contributed by atoms with van der Waals surface area (Å²) in [6.45, 7) is 0.152. The maximum atomic E-state index is 11.2. The summed E-state index contributed by atoms with van der Waals surface area (Å²) in [6.07, 6.45) is 1.44. The number of rotatable bonds is 3. The molecule has 70 valence electrons. The van der Waals surface area contributed by atoms with Gasteiger partial charge in [0, 0.05) is 12.7 Å². The standard InChI is InChI=1S/C8H10N2O3/c9-6-2-1-4-10(8(6)13)5-3-7(11)12/h1-2,4H,3,5,9H2,(H,11,12). The highest BCUT2D eigenvalue weighted by Gasteiger charge is 2.01. The first-order valence-electron chi connectivity index (χ1n) is 3.78. The number of hydrogen-bond acceptors (Lipinski definition) is 3. The number of carboxylic acid groups (broad SMARTS) is 1. The zero-order valence-electron chi connectivity index (χ0n) is 6.93. The molecule has 5 heteroatoms. The summed E-state index contributed by atoms with van der Waals surface area (Å²) in [5, 5.41) is 8.39. The molecule has 5 nitrogen and oxygen atoms in total. The molecule has 0 radical (unpaired) electrons. The quantitative estimate of drug-likeness (QED) is 0.683. The van der Waals surface area contributed by atoms with Crippen LogP contribution in [0, 0.1) is 0 Å². The Kier molecular flexibility index (Phi) is 2.69. The van der Waals surface area contributed by atoms with Gasteiger partial charge in [0.2, 0.25) is 0 Å². The van der Waals surface area contributed by atoms with E-state index < -0.39 is 5.97 Å². The predicted molar refractivity (Wildman–Crippen MR) is 47.4 cm³/mol. The first-order valence-corrected chi connectivity index (χ1v) is 3.78. The third kappa shape index (κ3) is 2.33. The van der Waals surface area contributed by atoms with Crippen molar-refractivity contribution in [3.63, 3.8) is 0 Å². The number of nitrogens with zero attached hydrogens (tertiary/aromatic N) is 1. The first kappa shape index (κ1) is 9.31. The molecular weight excluding hydrogens is 172 g/mol. The fourth-order valence-corrected chi connectivity index (χ4v) is 0.948. The van der Waals surface area contributed by atoms with Gasteiger partial charge in [-0.2, -0.15) is 0 Å². The van der Waals surface area contributed by atoms with Crippen LogP contribution < -0.4 is 11.3 Å². The lowest BCUT2D eigenvalue weighted by Gasteiger charge is -2.03. The maximum absolute atomic E-state index is 11.2. The lowest BCUT2D eigenvalue weighted by Crippen LogP contribution is -2.23. The Labute approximate surface area is 74.4 Å². The van der Waals surface area contributed by atoms with Crippen LogP contribution in [0.3, 0.4) is 0 Å². The minimum absolute atomic E-state index is 0.0800. The van der Waals surface area contributed by atoms with Crippen LogP contribution in [-0.2, 0) is 11.3 Å². The van der Waals surface area contributed by atoms with E-state index in [0.29, 0.717) is 0 Å². The minimum Gasteiger partial charge on any atom is -0.481 e. The summed E-state index contributed by atoms with van der Waals surface area (Å²) in [5.41, 5.74) is 5.13. The molecule has 0 amide bonds. The van der Waals surface area contributed by atoms with Gasteiger partial charge in [-0.1, -0.05) is 0 Å². The van der Waals surface area contributed by atoms with Crippen LogP contribution in [0.5, 0.6) is 0 Å². The summed E-state index contributed by atoms with van der Waals surface area (Å²) in [5.74, 6) is -0.936. The summed E-state index contributed by atoms with van der Waals surface area (Å²) >= 11 is 0. The number of anilines is 1. The molecule has 0 aliphatic heterocycles. The Morgan fingerprint density at radius 1 is 1.62 bits per heavy atom. The first-order chi connectivity index (χ1) is 6.11. The number of hydrogen-bond donors (Lipinski definition) is 2. The van der Waals surface area contributed by atoms with Crippen molar-refractivity contribution < 1.29 is 9.90 Å². The van der Waals surface area contributed by atoms with E-state index in [-0.39, 0.29) is 24.2 Å². The molecule has 0 unspecified atom stereocenters. The van der Waals surface area contributed by atoms with Crippen LogP contribution in [0.15, 0.2) is 23.1 Å². The Balaban J connectivity index is 2.84. The molecule has 0 aliphatic rings. The van der Waals surface area contributed by atoms with Gasteiger partial charge >= 0.3 is 5.97 Å². The van der Waals surface area contributed by atoms with Crippen LogP contribution in [0.25, 0.3) is 0 Å². The van der Waals surface area contributed by atoms with Gasteiger partial charge in [-0.25, -0.2) is 0 Å². The van der Waals surface area contributed by atoms with Crippen molar-refractivity contribution in [1.29, 1.82) is 0 Å². The molecule has 0 saturated heterocycles. The van der Waals surface area contributed by atoms with Gasteiger partial charge in [-0.15, -0.1) is 0 Å². The molecular formula is C8H10N2O3. The molecule has 1 heterocycles. The van der Waals surface area contributed by atoms with Crippen molar-refractivity contribution in [2.45, 2.75) is 13.0 Å². The van der Waals surface area contributed by atoms with Crippen LogP contribution >= 0.6 is 0 Å². The fourth-order valence-electron chi connectivity index (χ4n) is 0.948. The third-order valence-electron chi connectivity index (χ3n) is 1.62. The highest BCUT2D eigenvalue weighted by molar-refractivity contribution is 5.66. The van der Waals surface area contributed by atoms with E-state index in [9.17, 15) is 9.59 Å². The Hall–Kier alpha value is -1.78. The highest BCUT2D eigenvalue weighted by Crippen LogP contribution is 1.93. The number of carbonyl (C=O) groups is 1. The normalized spacial score (nSPS) is 9.85. The molecule has 1 aromatic rings. The van der Waals surface area contributed by atoms with E-state index in [4.69, 9.17) is 10.8 Å². The topological polar surface area (TPSA) is 85.3 Å². The molecule has 0 bridgehead atoms. The lowest BCUT2D eigenvalue weighted by molar-refractivity contribution is -0.137. The molecule has 1 aromatic heterocycles. The second-order valence-electron chi connectivity index (χ2n) is 2.61. The molecule has 13 heavy (non-hydrogen) atoms. The summed E-state index contributed by atoms with van der Waals surface area (Å²) < 4.78 is 1.28. The summed E-state index contributed by atoms with van der Waals surface area (Å²) in [7, 11) is 0. The molecule has 0 saturated carbocycles. The summed E-state index contributed by atoms with van der Waals surface area (Å²) in [4.78, 5) is 21.4. The average molecular weight is 182 g/mol. The number of nitrogen functional groups attached to an aromatic ring is 1. The van der Waals surface area contributed by atoms with Crippen molar-refractivity contribution >= 4 is 11.7 Å². The second kappa shape index (κ2) is 3.75. The molecule has 0 aromatic carbocycles. The number of aryl methyl sites for hydroxylation is 1. The van der Waals surface area contributed by atoms with Gasteiger partial charge in [0.15, 0.2) is 0 Å². The Morgan fingerprint density at radius 3 is 2.92 bits per heavy atom. The lowest BCUT2D eigenvalue weighted by atomic mass is 10.4. The van der Waals surface area contributed by atoms with Crippen LogP contribution in [0.1, 0.15) is 6.42 Å². The predicted octanol–water partition coefficient (Wildman–Crippen LogP) is -0.0948. The van der Waals surface area contributed by atoms with E-state index in [1.807, 2.05) is 0 Å². The van der Waals surface area contributed by atoms with E-state index in [0.717, 1.165) is 0 Å². The van der Waals surface area contributed by atoms with Crippen LogP contribution in [0.4, 0.5) is 5.69 Å². The van der Waals surface area contributed by atoms with E-state index in [2.05, 4.69) is 0 Å². The Bertz CT molecular complexity index is 370. The van der Waals surface area contributed by atoms with Gasteiger partial charge in [0.25, 0.3) is 5.56 Å². The van der Waals surface area contributed by atoms with Crippen LogP contribution in [-0.4, -0.2) is 15.6 Å². The van der Waals surface area contributed by atoms with Gasteiger partial charge in [0.1, 0.15) is 0 Å². The zero-order valence-corrected chi connectivity index (χ0v) is 6.93. The SMILES string of the molecule is Nc1cccn(CCC(=O)O)c1=O. The zero-order chi connectivity index (χ0) is 9.84. The van der Waals surface area contributed by atoms with Crippen molar-refractivity contribution in [3.8, 4) is 0 Å². The largest absolute Gasteiger partial charge is 0.481 e. The molecule has 0 aliphatic carbocycles. The maximum Gasteiger partial charge on any atom is 0.305 e. The number of carboxylic acids is 1. The highest BCUT2D eigenvalue weighted by atomic mass is 16.4. The number of aliphatic carboxylic acids is 1. The molecule has 0 spiro atoms. The van der Waals surface area contributed by atoms with E-state index in [1.165, 1.54) is 16.8 Å². The molecule has 0 fully saturated rings. The molecule has 3 N–H and O–H groups in total. The number of aromatic nitrogens is 1. The average Bonchev–Trinajstić information content (AvgIpc) is 2.07. The van der Waals surface area contributed by atoms with E-state index in [1.54, 1.807) is 6.07 Å². The second-order valence-corrected chi connectivity index (χ2v) is 2.61. The van der Waals surface area contributed by atoms with Crippen molar-refractivity contribution in [3.05, 3.63) is 28.7 Å². The van der Waals surface area contributed by atoms with Crippen molar-refractivity contribution in [2.24, 2.45) is 0 Å². The number of nitrogens with two attached hydrogens (primary N) is 1. The number of pyridine rings is 1. The van der Waals surface area contributed by atoms with Crippen molar-refractivity contribution in [1.82, 2.24) is 4.57 Å². The summed E-state index contributed by atoms with van der Waals surface area (Å²) in [6, 6.07) is 3.10. The van der Waals surface area contributed by atoms with Crippen molar-refractivity contribution in [2.75, 3.05) is 5.73 Å². The minimum atomic E-state index is -0.936. The smallest absolute Gasteiger partial charge is 0.305 e. The Morgan fingerprint density at radius 2 is 2.31 bits per heavy atom. The van der Waals surface area contributed by atoms with Gasteiger partial charge in [-0.3, -0.25) is 9.59 Å². The molecule has 0 atom stereocenters. The van der Waals surface area contributed by atoms with Gasteiger partial charge in [0.05, 0.1) is 12.1 Å². The van der Waals surface area contributed by atoms with Gasteiger partial charge < -0.3 is 15.4 Å².